The molecule has 7 rings (SSSR count). The van der Waals surface area contributed by atoms with Crippen molar-refractivity contribution in [1.29, 1.82) is 0 Å². The summed E-state index contributed by atoms with van der Waals surface area (Å²) in [7, 11) is 2.92. The van der Waals surface area contributed by atoms with E-state index in [0.717, 1.165) is 11.0 Å². The second kappa shape index (κ2) is 16.6. The third kappa shape index (κ3) is 9.02. The first-order valence-corrected chi connectivity index (χ1v) is 20.4. The highest BCUT2D eigenvalue weighted by Gasteiger charge is 2.44. The third-order valence-electron chi connectivity index (χ3n) is 10.9. The molecule has 2 aromatic carbocycles. The van der Waals surface area contributed by atoms with E-state index in [1.165, 1.54) is 21.1 Å². The van der Waals surface area contributed by atoms with Gasteiger partial charge in [0.25, 0.3) is 5.56 Å². The van der Waals surface area contributed by atoms with Crippen LogP contribution in [0.2, 0.25) is 10.0 Å². The van der Waals surface area contributed by atoms with Gasteiger partial charge in [-0.25, -0.2) is 23.5 Å². The van der Waals surface area contributed by atoms with E-state index in [-0.39, 0.29) is 81.4 Å². The fourth-order valence-electron chi connectivity index (χ4n) is 7.82. The predicted molar refractivity (Wildman–Crippen MR) is 226 cm³/mol. The number of nitrogens with one attached hydrogen (secondary N) is 1. The van der Waals surface area contributed by atoms with Gasteiger partial charge in [-0.1, -0.05) is 59.6 Å². The summed E-state index contributed by atoms with van der Waals surface area (Å²) < 4.78 is 30.0. The van der Waals surface area contributed by atoms with Crippen molar-refractivity contribution in [3.63, 3.8) is 0 Å². The first kappa shape index (κ1) is 43.4. The standard InChI is InChI=1S/C43H46Cl2FN7O8/c1-42(2,3)61-41(58)52(26-17-43(4,59)18-26)22-33-49-53-20-23(16-32(53)39(55)50(33)5)27-9-7-10-28(35(27)44)29-11-8-12-30(36(29)45)37-31(46)15-24(38(48-37)60-6)19-51(40(56)57)21-25-13-14-34(54)47-25/h7-12,15-16,20,25-26,59H,13-14,17-19,21-22H2,1-6H3,(H,47,54)(H,56,57)/t25-,26?,43?/m0/s1. The van der Waals surface area contributed by atoms with Gasteiger partial charge in [-0.05, 0) is 59.1 Å². The molecular weight excluding hydrogens is 832 g/mol. The minimum Gasteiger partial charge on any atom is -0.481 e. The van der Waals surface area contributed by atoms with Gasteiger partial charge in [0.15, 0.2) is 5.82 Å². The maximum absolute atomic E-state index is 16.0. The van der Waals surface area contributed by atoms with Crippen LogP contribution in [0.4, 0.5) is 14.0 Å². The van der Waals surface area contributed by atoms with E-state index in [1.54, 1.807) is 83.4 Å². The van der Waals surface area contributed by atoms with Crippen LogP contribution in [0.5, 0.6) is 5.88 Å². The van der Waals surface area contributed by atoms with E-state index < -0.39 is 29.2 Å². The number of rotatable bonds is 11. The Morgan fingerprint density at radius 2 is 1.67 bits per heavy atom. The molecule has 2 fully saturated rings. The number of methoxy groups -OCH3 is 1. The fraction of sp³-hybridized carbons (Fsp3) is 0.395. The number of carbonyl (C=O) groups excluding carboxylic acids is 2. The SMILES string of the molecule is COc1nc(-c2cccc(-c3cccc(-c4cc5c(=O)n(C)c(CN(C(=O)OC(C)(C)C)C6CC(C)(O)C6)nn5c4)c3Cl)c2Cl)c(F)cc1CN(C[C@@H]1CCC(=O)N1)C(=O)O. The number of amides is 3. The monoisotopic (exact) mass is 877 g/mol. The molecule has 5 aromatic rings. The molecule has 0 unspecified atom stereocenters. The zero-order valence-corrected chi connectivity index (χ0v) is 36.0. The van der Waals surface area contributed by atoms with Crippen molar-refractivity contribution in [3.8, 4) is 39.4 Å². The molecule has 322 valence electrons. The molecule has 0 radical (unpaired) electrons. The molecule has 1 saturated carbocycles. The van der Waals surface area contributed by atoms with Crippen LogP contribution in [0, 0.1) is 5.82 Å². The van der Waals surface area contributed by atoms with Crippen molar-refractivity contribution in [1.82, 2.24) is 34.3 Å². The van der Waals surface area contributed by atoms with E-state index in [2.05, 4.69) is 10.3 Å². The summed E-state index contributed by atoms with van der Waals surface area (Å²) in [6, 6.07) is 12.5. The third-order valence-corrected chi connectivity index (χ3v) is 11.7. The number of hydrogen-bond donors (Lipinski definition) is 3. The highest BCUT2D eigenvalue weighted by molar-refractivity contribution is 6.39. The second-order valence-corrected chi connectivity index (χ2v) is 17.5. The van der Waals surface area contributed by atoms with Crippen molar-refractivity contribution in [2.75, 3.05) is 13.7 Å². The molecule has 18 heteroatoms. The summed E-state index contributed by atoms with van der Waals surface area (Å²) >= 11 is 14.1. The Hall–Kier alpha value is -5.71. The minimum absolute atomic E-state index is 0.00276. The van der Waals surface area contributed by atoms with Crippen LogP contribution in [0.1, 0.15) is 64.8 Å². The quantitative estimate of drug-likeness (QED) is 0.122. The number of aromatic nitrogens is 4. The normalized spacial score (nSPS) is 18.8. The number of nitrogens with zero attached hydrogens (tertiary/aromatic N) is 6. The van der Waals surface area contributed by atoms with Crippen molar-refractivity contribution in [2.24, 2.45) is 7.05 Å². The number of pyridine rings is 1. The fourth-order valence-corrected chi connectivity index (χ4v) is 8.48. The molecule has 3 amide bonds. The molecule has 0 spiro atoms. The molecular formula is C43H46Cl2FN7O8. The Morgan fingerprint density at radius 1 is 1.03 bits per heavy atom. The number of carboxylic acid groups (broad SMARTS) is 1. The Bertz CT molecular complexity index is 2620. The molecule has 3 aromatic heterocycles. The molecule has 2 aliphatic rings. The molecule has 1 aliphatic heterocycles. The summed E-state index contributed by atoms with van der Waals surface area (Å²) in [5.41, 5.74) is 0.584. The Balaban J connectivity index is 1.19. The summed E-state index contributed by atoms with van der Waals surface area (Å²) in [4.78, 5) is 57.9. The molecule has 3 N–H and O–H groups in total. The van der Waals surface area contributed by atoms with Crippen LogP contribution in [-0.4, -0.2) is 94.2 Å². The number of carbonyl (C=O) groups is 3. The van der Waals surface area contributed by atoms with Gasteiger partial charge >= 0.3 is 12.2 Å². The highest BCUT2D eigenvalue weighted by atomic mass is 35.5. The Labute approximate surface area is 360 Å². The first-order valence-electron chi connectivity index (χ1n) is 19.6. The lowest BCUT2D eigenvalue weighted by atomic mass is 9.76. The molecule has 0 bridgehead atoms. The van der Waals surface area contributed by atoms with Gasteiger partial charge in [0, 0.05) is 71.7 Å². The van der Waals surface area contributed by atoms with Gasteiger partial charge in [-0.2, -0.15) is 5.10 Å². The first-order chi connectivity index (χ1) is 28.7. The number of halogens is 3. The van der Waals surface area contributed by atoms with Gasteiger partial charge in [-0.3, -0.25) is 19.1 Å². The molecule has 15 nitrogen and oxygen atoms in total. The smallest absolute Gasteiger partial charge is 0.410 e. The van der Waals surface area contributed by atoms with E-state index in [4.69, 9.17) is 37.8 Å². The maximum atomic E-state index is 16.0. The average molecular weight is 879 g/mol. The van der Waals surface area contributed by atoms with E-state index in [1.807, 2.05) is 0 Å². The topological polar surface area (TPSA) is 181 Å². The molecule has 61 heavy (non-hydrogen) atoms. The Kier molecular flexibility index (Phi) is 11.8. The summed E-state index contributed by atoms with van der Waals surface area (Å²) in [5.74, 6) is -0.629. The van der Waals surface area contributed by atoms with Crippen LogP contribution >= 0.6 is 23.2 Å². The zero-order chi connectivity index (χ0) is 44.1. The second-order valence-electron chi connectivity index (χ2n) is 16.8. The van der Waals surface area contributed by atoms with E-state index >= 15 is 4.39 Å². The summed E-state index contributed by atoms with van der Waals surface area (Å²) in [6.07, 6.45) is 1.32. The van der Waals surface area contributed by atoms with Gasteiger partial charge in [0.1, 0.15) is 22.6 Å². The number of hydrogen-bond acceptors (Lipinski definition) is 9. The maximum Gasteiger partial charge on any atom is 0.410 e. The number of ether oxygens (including phenoxy) is 2. The molecule has 4 heterocycles. The van der Waals surface area contributed by atoms with Crippen molar-refractivity contribution >= 4 is 46.8 Å². The number of benzene rings is 2. The summed E-state index contributed by atoms with van der Waals surface area (Å²) in [5, 5.41) is 28.2. The Morgan fingerprint density at radius 3 is 2.26 bits per heavy atom. The lowest BCUT2D eigenvalue weighted by Crippen LogP contribution is -2.56. The largest absolute Gasteiger partial charge is 0.481 e. The van der Waals surface area contributed by atoms with Crippen molar-refractivity contribution in [2.45, 2.75) is 89.8 Å². The van der Waals surface area contributed by atoms with Crippen LogP contribution in [-0.2, 0) is 29.7 Å². The summed E-state index contributed by atoms with van der Waals surface area (Å²) in [6.45, 7) is 6.74. The van der Waals surface area contributed by atoms with Gasteiger partial charge in [-0.15, -0.1) is 0 Å². The van der Waals surface area contributed by atoms with E-state index in [0.29, 0.717) is 53.8 Å². The lowest BCUT2D eigenvalue weighted by molar-refractivity contribution is -0.119. The van der Waals surface area contributed by atoms with Gasteiger partial charge in [0.2, 0.25) is 11.8 Å². The van der Waals surface area contributed by atoms with Crippen molar-refractivity contribution < 1.29 is 38.5 Å². The minimum atomic E-state index is -1.25. The highest BCUT2D eigenvalue weighted by Crippen LogP contribution is 2.43. The van der Waals surface area contributed by atoms with Gasteiger partial charge < -0.3 is 29.9 Å². The zero-order valence-electron chi connectivity index (χ0n) is 34.5. The van der Waals surface area contributed by atoms with Crippen molar-refractivity contribution in [3.05, 3.63) is 92.3 Å². The average Bonchev–Trinajstić information content (AvgIpc) is 3.80. The molecule has 1 aliphatic carbocycles. The van der Waals surface area contributed by atoms with Gasteiger partial charge in [0.05, 0.1) is 35.8 Å². The number of fused-ring (bicyclic) bond motifs is 1. The van der Waals surface area contributed by atoms with Crippen LogP contribution in [0.15, 0.2) is 59.5 Å². The van der Waals surface area contributed by atoms with Crippen LogP contribution < -0.4 is 15.6 Å². The van der Waals surface area contributed by atoms with E-state index in [9.17, 15) is 29.4 Å². The molecule has 1 atom stereocenters. The lowest BCUT2D eigenvalue weighted by Gasteiger charge is -2.46. The molecule has 1 saturated heterocycles. The van der Waals surface area contributed by atoms with Crippen LogP contribution in [0.25, 0.3) is 39.0 Å². The van der Waals surface area contributed by atoms with Crippen LogP contribution in [0.3, 0.4) is 0 Å². The predicted octanol–water partition coefficient (Wildman–Crippen LogP) is 7.29. The number of aliphatic hydroxyl groups is 1.